The normalized spacial score (nSPS) is 11.3. The highest BCUT2D eigenvalue weighted by molar-refractivity contribution is 7.92. The summed E-state index contributed by atoms with van der Waals surface area (Å²) in [5, 5.41) is 2.20. The summed E-state index contributed by atoms with van der Waals surface area (Å²) in [6.45, 7) is 5.06. The molecule has 1 amide bonds. The van der Waals surface area contributed by atoms with Gasteiger partial charge in [-0.2, -0.15) is 0 Å². The molecule has 0 unspecified atom stereocenters. The van der Waals surface area contributed by atoms with E-state index in [1.54, 1.807) is 32.0 Å². The van der Waals surface area contributed by atoms with E-state index in [4.69, 9.17) is 4.74 Å². The SMILES string of the molecule is Cc1ccccc1OCC(=O)Nc1ccc(S(=O)(=O)C(C)C)cc1. The molecule has 0 saturated heterocycles. The molecule has 2 aromatic rings. The van der Waals surface area contributed by atoms with E-state index in [1.807, 2.05) is 25.1 Å². The second kappa shape index (κ2) is 7.49. The number of sulfone groups is 1. The van der Waals surface area contributed by atoms with Crippen LogP contribution in [0.1, 0.15) is 19.4 Å². The van der Waals surface area contributed by atoms with Gasteiger partial charge in [-0.05, 0) is 56.7 Å². The Morgan fingerprint density at radius 2 is 1.71 bits per heavy atom. The van der Waals surface area contributed by atoms with Gasteiger partial charge in [0.1, 0.15) is 5.75 Å². The van der Waals surface area contributed by atoms with Gasteiger partial charge in [-0.3, -0.25) is 4.79 Å². The summed E-state index contributed by atoms with van der Waals surface area (Å²) >= 11 is 0. The Hall–Kier alpha value is -2.34. The van der Waals surface area contributed by atoms with Gasteiger partial charge in [-0.25, -0.2) is 8.42 Å². The van der Waals surface area contributed by atoms with Crippen molar-refractivity contribution in [2.45, 2.75) is 30.9 Å². The van der Waals surface area contributed by atoms with Gasteiger partial charge in [0.15, 0.2) is 16.4 Å². The van der Waals surface area contributed by atoms with Crippen LogP contribution in [-0.4, -0.2) is 26.2 Å². The van der Waals surface area contributed by atoms with E-state index in [1.165, 1.54) is 12.1 Å². The number of nitrogens with one attached hydrogen (secondary N) is 1. The largest absolute Gasteiger partial charge is 0.483 e. The van der Waals surface area contributed by atoms with Crippen LogP contribution in [0, 0.1) is 6.92 Å². The zero-order valence-electron chi connectivity index (χ0n) is 13.9. The van der Waals surface area contributed by atoms with Gasteiger partial charge in [0, 0.05) is 5.69 Å². The Bertz CT molecular complexity index is 811. The molecule has 0 atom stereocenters. The number of benzene rings is 2. The highest BCUT2D eigenvalue weighted by Gasteiger charge is 2.18. The van der Waals surface area contributed by atoms with E-state index < -0.39 is 15.1 Å². The maximum atomic E-state index is 12.0. The molecule has 0 aliphatic heterocycles. The van der Waals surface area contributed by atoms with E-state index in [0.717, 1.165) is 5.56 Å². The molecule has 0 aliphatic carbocycles. The fourth-order valence-corrected chi connectivity index (χ4v) is 3.12. The predicted molar refractivity (Wildman–Crippen MR) is 94.1 cm³/mol. The topological polar surface area (TPSA) is 72.5 Å². The second-order valence-corrected chi connectivity index (χ2v) is 8.22. The number of amides is 1. The molecule has 128 valence electrons. The molecule has 0 spiro atoms. The first-order valence-corrected chi connectivity index (χ1v) is 9.17. The number of ether oxygens (including phenoxy) is 1. The van der Waals surface area contributed by atoms with Crippen molar-refractivity contribution in [3.63, 3.8) is 0 Å². The highest BCUT2D eigenvalue weighted by Crippen LogP contribution is 2.19. The quantitative estimate of drug-likeness (QED) is 0.871. The van der Waals surface area contributed by atoms with E-state index in [2.05, 4.69) is 5.32 Å². The summed E-state index contributed by atoms with van der Waals surface area (Å²) in [6, 6.07) is 13.6. The van der Waals surface area contributed by atoms with Crippen molar-refractivity contribution >= 4 is 21.4 Å². The lowest BCUT2D eigenvalue weighted by molar-refractivity contribution is -0.118. The zero-order valence-corrected chi connectivity index (χ0v) is 14.8. The fraction of sp³-hybridized carbons (Fsp3) is 0.278. The Morgan fingerprint density at radius 1 is 1.08 bits per heavy atom. The van der Waals surface area contributed by atoms with Crippen molar-refractivity contribution < 1.29 is 17.9 Å². The maximum absolute atomic E-state index is 12.0. The Labute approximate surface area is 142 Å². The van der Waals surface area contributed by atoms with Gasteiger partial charge in [0.25, 0.3) is 5.91 Å². The first kappa shape index (κ1) is 18.0. The molecule has 0 fully saturated rings. The summed E-state index contributed by atoms with van der Waals surface area (Å²) in [6.07, 6.45) is 0. The van der Waals surface area contributed by atoms with Gasteiger partial charge in [0.2, 0.25) is 0 Å². The molecule has 0 radical (unpaired) electrons. The predicted octanol–water partition coefficient (Wildman–Crippen LogP) is 3.19. The summed E-state index contributed by atoms with van der Waals surface area (Å²) in [7, 11) is -3.31. The molecule has 24 heavy (non-hydrogen) atoms. The van der Waals surface area contributed by atoms with Crippen LogP contribution in [-0.2, 0) is 14.6 Å². The molecular weight excluding hydrogens is 326 g/mol. The summed E-state index contributed by atoms with van der Waals surface area (Å²) in [5.74, 6) is 0.351. The Morgan fingerprint density at radius 3 is 2.29 bits per heavy atom. The average Bonchev–Trinajstić information content (AvgIpc) is 2.54. The second-order valence-electron chi connectivity index (χ2n) is 5.72. The van der Waals surface area contributed by atoms with Crippen molar-refractivity contribution in [1.82, 2.24) is 0 Å². The average molecular weight is 347 g/mol. The minimum atomic E-state index is -3.31. The van der Waals surface area contributed by atoms with Crippen molar-refractivity contribution in [3.8, 4) is 5.75 Å². The number of carbonyl (C=O) groups is 1. The summed E-state index contributed by atoms with van der Waals surface area (Å²) in [4.78, 5) is 12.2. The lowest BCUT2D eigenvalue weighted by Crippen LogP contribution is -2.20. The third kappa shape index (κ3) is 4.35. The first-order valence-electron chi connectivity index (χ1n) is 7.63. The number of hydrogen-bond donors (Lipinski definition) is 1. The Balaban J connectivity index is 1.96. The number of carbonyl (C=O) groups excluding carboxylic acids is 1. The van der Waals surface area contributed by atoms with E-state index in [0.29, 0.717) is 11.4 Å². The van der Waals surface area contributed by atoms with Gasteiger partial charge in [0.05, 0.1) is 10.1 Å². The molecule has 2 rings (SSSR count). The van der Waals surface area contributed by atoms with Crippen LogP contribution < -0.4 is 10.1 Å². The van der Waals surface area contributed by atoms with Crippen LogP contribution in [0.4, 0.5) is 5.69 Å². The lowest BCUT2D eigenvalue weighted by atomic mass is 10.2. The molecule has 0 heterocycles. The zero-order chi connectivity index (χ0) is 17.7. The first-order chi connectivity index (χ1) is 11.3. The van der Waals surface area contributed by atoms with Gasteiger partial charge in [-0.15, -0.1) is 0 Å². The Kier molecular flexibility index (Phi) is 5.62. The summed E-state index contributed by atoms with van der Waals surface area (Å²) < 4.78 is 29.6. The monoisotopic (exact) mass is 347 g/mol. The van der Waals surface area contributed by atoms with E-state index in [9.17, 15) is 13.2 Å². The molecule has 2 aromatic carbocycles. The standard InChI is InChI=1S/C18H21NO4S/c1-13(2)24(21,22)16-10-8-15(9-11-16)19-18(20)12-23-17-7-5-4-6-14(17)3/h4-11,13H,12H2,1-3H3,(H,19,20). The highest BCUT2D eigenvalue weighted by atomic mass is 32.2. The molecule has 0 saturated carbocycles. The van der Waals surface area contributed by atoms with Crippen LogP contribution in [0.25, 0.3) is 0 Å². The molecule has 0 bridgehead atoms. The third-order valence-electron chi connectivity index (χ3n) is 3.54. The van der Waals surface area contributed by atoms with Gasteiger partial charge < -0.3 is 10.1 Å². The molecule has 6 heteroatoms. The number of aryl methyl sites for hydroxylation is 1. The van der Waals surface area contributed by atoms with Crippen LogP contribution in [0.3, 0.4) is 0 Å². The molecule has 0 aromatic heterocycles. The van der Waals surface area contributed by atoms with Crippen LogP contribution in [0.15, 0.2) is 53.4 Å². The molecule has 5 nitrogen and oxygen atoms in total. The summed E-state index contributed by atoms with van der Waals surface area (Å²) in [5.41, 5.74) is 1.48. The van der Waals surface area contributed by atoms with Gasteiger partial charge in [-0.1, -0.05) is 18.2 Å². The van der Waals surface area contributed by atoms with Crippen molar-refractivity contribution in [2.24, 2.45) is 0 Å². The molecule has 0 aliphatic rings. The van der Waals surface area contributed by atoms with Crippen LogP contribution in [0.2, 0.25) is 0 Å². The van der Waals surface area contributed by atoms with Crippen LogP contribution in [0.5, 0.6) is 5.75 Å². The third-order valence-corrected chi connectivity index (χ3v) is 5.71. The minimum Gasteiger partial charge on any atom is -0.483 e. The molecule has 1 N–H and O–H groups in total. The van der Waals surface area contributed by atoms with Crippen molar-refractivity contribution in [3.05, 3.63) is 54.1 Å². The number of rotatable bonds is 6. The van der Waals surface area contributed by atoms with Crippen LogP contribution >= 0.6 is 0 Å². The number of anilines is 1. The van der Waals surface area contributed by atoms with E-state index in [-0.39, 0.29) is 17.4 Å². The fourth-order valence-electron chi connectivity index (χ4n) is 2.06. The smallest absolute Gasteiger partial charge is 0.262 e. The van der Waals surface area contributed by atoms with Crippen molar-refractivity contribution in [2.75, 3.05) is 11.9 Å². The van der Waals surface area contributed by atoms with Crippen molar-refractivity contribution in [1.29, 1.82) is 0 Å². The lowest BCUT2D eigenvalue weighted by Gasteiger charge is -2.11. The minimum absolute atomic E-state index is 0.114. The molecular formula is C18H21NO4S. The van der Waals surface area contributed by atoms with E-state index >= 15 is 0 Å². The maximum Gasteiger partial charge on any atom is 0.262 e. The van der Waals surface area contributed by atoms with Gasteiger partial charge >= 0.3 is 0 Å². The number of para-hydroxylation sites is 1. The number of hydrogen-bond acceptors (Lipinski definition) is 4.